The number of rotatable bonds is 4. The van der Waals surface area contributed by atoms with Gasteiger partial charge in [-0.05, 0) is 25.0 Å². The second-order valence-electron chi connectivity index (χ2n) is 3.92. The predicted molar refractivity (Wildman–Crippen MR) is 64.0 cm³/mol. The first-order valence-electron chi connectivity index (χ1n) is 4.75. The van der Waals surface area contributed by atoms with Crippen molar-refractivity contribution in [2.45, 2.75) is 12.8 Å². The number of carbonyl (C=O) groups is 1. The van der Waals surface area contributed by atoms with E-state index in [0.717, 1.165) is 12.8 Å². The molecule has 1 aromatic heterocycles. The number of alkyl halides is 1. The van der Waals surface area contributed by atoms with Gasteiger partial charge in [-0.25, -0.2) is 0 Å². The van der Waals surface area contributed by atoms with Gasteiger partial charge in [0.05, 0.1) is 9.21 Å². The van der Waals surface area contributed by atoms with Crippen LogP contribution in [0.5, 0.6) is 0 Å². The van der Waals surface area contributed by atoms with Gasteiger partial charge >= 0.3 is 0 Å². The first-order chi connectivity index (χ1) is 7.15. The summed E-state index contributed by atoms with van der Waals surface area (Å²) in [5, 5.41) is 2.89. The van der Waals surface area contributed by atoms with Crippen LogP contribution in [0.3, 0.4) is 0 Å². The summed E-state index contributed by atoms with van der Waals surface area (Å²) in [6.07, 6.45) is 2.23. The molecule has 1 fully saturated rings. The molecule has 1 aliphatic rings. The van der Waals surface area contributed by atoms with Crippen molar-refractivity contribution in [2.75, 3.05) is 12.4 Å². The van der Waals surface area contributed by atoms with Gasteiger partial charge in [-0.15, -0.1) is 22.9 Å². The Balaban J connectivity index is 1.88. The summed E-state index contributed by atoms with van der Waals surface area (Å²) < 4.78 is 0.638. The van der Waals surface area contributed by atoms with Crippen LogP contribution < -0.4 is 5.32 Å². The molecule has 0 radical (unpaired) electrons. The number of amides is 1. The molecule has 0 saturated heterocycles. The topological polar surface area (TPSA) is 29.1 Å². The largest absolute Gasteiger partial charge is 0.351 e. The summed E-state index contributed by atoms with van der Waals surface area (Å²) in [4.78, 5) is 12.3. The van der Waals surface area contributed by atoms with Crippen molar-refractivity contribution < 1.29 is 4.79 Å². The van der Waals surface area contributed by atoms with Crippen LogP contribution in [-0.2, 0) is 0 Å². The Labute approximate surface area is 103 Å². The van der Waals surface area contributed by atoms with Gasteiger partial charge in [-0.2, -0.15) is 0 Å². The zero-order chi connectivity index (χ0) is 10.9. The molecule has 2 rings (SSSR count). The molecule has 0 aliphatic heterocycles. The Morgan fingerprint density at radius 3 is 2.73 bits per heavy atom. The first-order valence-corrected chi connectivity index (χ1v) is 6.48. The fourth-order valence-electron chi connectivity index (χ4n) is 1.33. The van der Waals surface area contributed by atoms with Crippen molar-refractivity contribution in [1.29, 1.82) is 0 Å². The average Bonchev–Trinajstić information content (AvgIpc) is 2.90. The summed E-state index contributed by atoms with van der Waals surface area (Å²) in [5.74, 6) is 0.571. The number of hydrogen-bond acceptors (Lipinski definition) is 2. The van der Waals surface area contributed by atoms with Crippen molar-refractivity contribution in [3.63, 3.8) is 0 Å². The van der Waals surface area contributed by atoms with Gasteiger partial charge in [-0.1, -0.05) is 11.6 Å². The predicted octanol–water partition coefficient (Wildman–Crippen LogP) is 3.15. The van der Waals surface area contributed by atoms with Crippen LogP contribution in [-0.4, -0.2) is 18.3 Å². The average molecular weight is 264 g/mol. The molecule has 1 aromatic rings. The molecule has 0 spiro atoms. The molecule has 0 atom stereocenters. The fraction of sp³-hybridized carbons (Fsp3) is 0.500. The highest BCUT2D eigenvalue weighted by molar-refractivity contribution is 7.17. The van der Waals surface area contributed by atoms with Gasteiger partial charge in [0, 0.05) is 17.8 Å². The third-order valence-corrected chi connectivity index (χ3v) is 4.46. The minimum Gasteiger partial charge on any atom is -0.351 e. The lowest BCUT2D eigenvalue weighted by molar-refractivity contribution is 0.0950. The molecule has 1 amide bonds. The van der Waals surface area contributed by atoms with Crippen LogP contribution in [0.2, 0.25) is 4.34 Å². The minimum atomic E-state index is -0.0525. The van der Waals surface area contributed by atoms with Gasteiger partial charge in [0.1, 0.15) is 0 Å². The summed E-state index contributed by atoms with van der Waals surface area (Å²) in [6, 6.07) is 3.47. The Bertz CT molecular complexity index is 373. The van der Waals surface area contributed by atoms with E-state index in [-0.39, 0.29) is 11.3 Å². The van der Waals surface area contributed by atoms with E-state index in [0.29, 0.717) is 21.6 Å². The molecular weight excluding hydrogens is 253 g/mol. The molecule has 82 valence electrons. The first kappa shape index (κ1) is 11.2. The molecule has 1 heterocycles. The SMILES string of the molecule is O=C(NCC1(CCl)CC1)c1ccc(Cl)s1. The van der Waals surface area contributed by atoms with Crippen molar-refractivity contribution in [3.05, 3.63) is 21.3 Å². The summed E-state index contributed by atoms with van der Waals surface area (Å²) >= 11 is 12.9. The highest BCUT2D eigenvalue weighted by atomic mass is 35.5. The summed E-state index contributed by atoms with van der Waals surface area (Å²) in [5.41, 5.74) is 0.165. The number of thiophene rings is 1. The van der Waals surface area contributed by atoms with Gasteiger partial charge < -0.3 is 5.32 Å². The molecule has 1 N–H and O–H groups in total. The summed E-state index contributed by atoms with van der Waals surface area (Å²) in [6.45, 7) is 0.671. The van der Waals surface area contributed by atoms with Crippen LogP contribution in [0.1, 0.15) is 22.5 Å². The van der Waals surface area contributed by atoms with Gasteiger partial charge in [0.15, 0.2) is 0 Å². The number of hydrogen-bond donors (Lipinski definition) is 1. The van der Waals surface area contributed by atoms with Crippen molar-refractivity contribution in [1.82, 2.24) is 5.32 Å². The Kier molecular flexibility index (Phi) is 3.24. The van der Waals surface area contributed by atoms with E-state index in [9.17, 15) is 4.79 Å². The number of carbonyl (C=O) groups excluding carboxylic acids is 1. The quantitative estimate of drug-likeness (QED) is 0.831. The van der Waals surface area contributed by atoms with E-state index < -0.39 is 0 Å². The van der Waals surface area contributed by atoms with Crippen molar-refractivity contribution in [2.24, 2.45) is 5.41 Å². The highest BCUT2D eigenvalue weighted by Gasteiger charge is 2.41. The molecule has 0 bridgehead atoms. The lowest BCUT2D eigenvalue weighted by Crippen LogP contribution is -2.30. The van der Waals surface area contributed by atoms with Crippen molar-refractivity contribution >= 4 is 40.4 Å². The minimum absolute atomic E-state index is 0.0525. The van der Waals surface area contributed by atoms with E-state index in [1.807, 2.05) is 0 Å². The van der Waals surface area contributed by atoms with E-state index in [4.69, 9.17) is 23.2 Å². The zero-order valence-corrected chi connectivity index (χ0v) is 10.4. The fourth-order valence-corrected chi connectivity index (χ4v) is 2.65. The van der Waals surface area contributed by atoms with Crippen LogP contribution in [0, 0.1) is 5.41 Å². The molecule has 15 heavy (non-hydrogen) atoms. The number of halogens is 2. The molecule has 0 aromatic carbocycles. The highest BCUT2D eigenvalue weighted by Crippen LogP contribution is 2.45. The van der Waals surface area contributed by atoms with Crippen LogP contribution in [0.4, 0.5) is 0 Å². The third kappa shape index (κ3) is 2.65. The maximum absolute atomic E-state index is 11.6. The Hall–Kier alpha value is -0.250. The van der Waals surface area contributed by atoms with Crippen LogP contribution >= 0.6 is 34.5 Å². The third-order valence-electron chi connectivity index (χ3n) is 2.66. The number of nitrogens with one attached hydrogen (secondary N) is 1. The second-order valence-corrected chi connectivity index (χ2v) is 5.90. The smallest absolute Gasteiger partial charge is 0.261 e. The van der Waals surface area contributed by atoms with Crippen LogP contribution in [0.25, 0.3) is 0 Å². The van der Waals surface area contributed by atoms with Crippen LogP contribution in [0.15, 0.2) is 12.1 Å². The lowest BCUT2D eigenvalue weighted by Gasteiger charge is -2.11. The van der Waals surface area contributed by atoms with E-state index in [1.54, 1.807) is 12.1 Å². The van der Waals surface area contributed by atoms with E-state index >= 15 is 0 Å². The Morgan fingerprint density at radius 2 is 2.27 bits per heavy atom. The molecule has 1 saturated carbocycles. The normalized spacial score (nSPS) is 17.5. The molecule has 5 heteroatoms. The molecule has 0 unspecified atom stereocenters. The van der Waals surface area contributed by atoms with Crippen molar-refractivity contribution in [3.8, 4) is 0 Å². The van der Waals surface area contributed by atoms with E-state index in [2.05, 4.69) is 5.32 Å². The molecule has 1 aliphatic carbocycles. The second kappa shape index (κ2) is 4.32. The maximum atomic E-state index is 11.6. The van der Waals surface area contributed by atoms with Gasteiger partial charge in [0.25, 0.3) is 5.91 Å². The molecule has 2 nitrogen and oxygen atoms in total. The van der Waals surface area contributed by atoms with Gasteiger partial charge in [-0.3, -0.25) is 4.79 Å². The van der Waals surface area contributed by atoms with E-state index in [1.165, 1.54) is 11.3 Å². The summed E-state index contributed by atoms with van der Waals surface area (Å²) in [7, 11) is 0. The van der Waals surface area contributed by atoms with Gasteiger partial charge in [0.2, 0.25) is 0 Å². The standard InChI is InChI=1S/C10H11Cl2NOS/c11-5-10(3-4-10)6-13-9(14)7-1-2-8(12)15-7/h1-2H,3-6H2,(H,13,14). The maximum Gasteiger partial charge on any atom is 0.261 e. The zero-order valence-electron chi connectivity index (χ0n) is 8.06. The lowest BCUT2D eigenvalue weighted by atomic mass is 10.1. The monoisotopic (exact) mass is 263 g/mol. The molecular formula is C10H11Cl2NOS. The Morgan fingerprint density at radius 1 is 1.53 bits per heavy atom.